The van der Waals surface area contributed by atoms with Crippen molar-refractivity contribution in [2.45, 2.75) is 6.54 Å². The van der Waals surface area contributed by atoms with E-state index in [4.69, 9.17) is 11.6 Å². The van der Waals surface area contributed by atoms with Gasteiger partial charge in [-0.25, -0.2) is 4.52 Å². The van der Waals surface area contributed by atoms with Crippen molar-refractivity contribution in [1.29, 1.82) is 0 Å². The van der Waals surface area contributed by atoms with Crippen LogP contribution in [-0.2, 0) is 6.54 Å². The van der Waals surface area contributed by atoms with E-state index in [-0.39, 0.29) is 5.28 Å². The molecule has 3 aromatic heterocycles. The second kappa shape index (κ2) is 4.62. The Morgan fingerprint density at radius 1 is 1.22 bits per heavy atom. The lowest BCUT2D eigenvalue weighted by Gasteiger charge is -2.07. The largest absolute Gasteiger partial charge is 0.364 e. The average Bonchev–Trinajstić information content (AvgIpc) is 2.85. The molecule has 0 aliphatic rings. The molecule has 0 atom stereocenters. The molecule has 90 valence electrons. The van der Waals surface area contributed by atoms with Crippen molar-refractivity contribution < 1.29 is 0 Å². The lowest BCUT2D eigenvalue weighted by atomic mass is 10.3. The Bertz CT molecular complexity index is 665. The van der Waals surface area contributed by atoms with Gasteiger partial charge in [0, 0.05) is 25.1 Å². The summed E-state index contributed by atoms with van der Waals surface area (Å²) in [6.45, 7) is 0.663. The molecule has 0 saturated heterocycles. The van der Waals surface area contributed by atoms with Gasteiger partial charge in [-0.15, -0.1) is 5.10 Å². The number of anilines is 1. The number of rotatable bonds is 3. The SMILES string of the molecule is Clc1nc(NCc2ccncc2)c2cccn2n1. The topological polar surface area (TPSA) is 55.1 Å². The molecule has 0 aliphatic heterocycles. The van der Waals surface area contributed by atoms with Crippen molar-refractivity contribution in [3.8, 4) is 0 Å². The zero-order chi connectivity index (χ0) is 12.4. The normalized spacial score (nSPS) is 10.7. The standard InChI is InChI=1S/C12H10ClN5/c13-12-16-11(10-2-1-7-18(10)17-12)15-8-9-3-5-14-6-4-9/h1-7H,8H2,(H,15,16,17). The first-order valence-electron chi connectivity index (χ1n) is 5.46. The van der Waals surface area contributed by atoms with E-state index >= 15 is 0 Å². The predicted octanol–water partition coefficient (Wildman–Crippen LogP) is 2.39. The maximum Gasteiger partial charge on any atom is 0.243 e. The van der Waals surface area contributed by atoms with E-state index in [0.717, 1.165) is 16.9 Å². The van der Waals surface area contributed by atoms with Gasteiger partial charge in [0.05, 0.1) is 0 Å². The first-order chi connectivity index (χ1) is 8.83. The van der Waals surface area contributed by atoms with Crippen LogP contribution in [0.4, 0.5) is 5.82 Å². The summed E-state index contributed by atoms with van der Waals surface area (Å²) in [7, 11) is 0. The molecule has 0 spiro atoms. The van der Waals surface area contributed by atoms with E-state index in [1.165, 1.54) is 0 Å². The quantitative estimate of drug-likeness (QED) is 0.785. The molecule has 0 bridgehead atoms. The number of hydrogen-bond donors (Lipinski definition) is 1. The molecule has 0 aromatic carbocycles. The average molecular weight is 260 g/mol. The molecule has 0 fully saturated rings. The monoisotopic (exact) mass is 259 g/mol. The number of hydrogen-bond acceptors (Lipinski definition) is 4. The Labute approximate surface area is 108 Å². The molecular formula is C12H10ClN5. The van der Waals surface area contributed by atoms with E-state index in [1.807, 2.05) is 30.5 Å². The fraction of sp³-hybridized carbons (Fsp3) is 0.0833. The number of fused-ring (bicyclic) bond motifs is 1. The number of nitrogens with one attached hydrogen (secondary N) is 1. The van der Waals surface area contributed by atoms with Gasteiger partial charge in [-0.1, -0.05) is 0 Å². The van der Waals surface area contributed by atoms with Crippen LogP contribution in [0.25, 0.3) is 5.52 Å². The molecule has 0 saturated carbocycles. The molecule has 18 heavy (non-hydrogen) atoms. The van der Waals surface area contributed by atoms with Gasteiger partial charge in [0.1, 0.15) is 5.52 Å². The summed E-state index contributed by atoms with van der Waals surface area (Å²) in [6, 6.07) is 7.74. The van der Waals surface area contributed by atoms with Gasteiger partial charge in [0.25, 0.3) is 0 Å². The van der Waals surface area contributed by atoms with Crippen LogP contribution < -0.4 is 5.32 Å². The highest BCUT2D eigenvalue weighted by atomic mass is 35.5. The number of aromatic nitrogens is 4. The molecule has 0 unspecified atom stereocenters. The Balaban J connectivity index is 1.88. The molecule has 3 heterocycles. The van der Waals surface area contributed by atoms with Crippen LogP contribution in [0.3, 0.4) is 0 Å². The zero-order valence-electron chi connectivity index (χ0n) is 9.42. The van der Waals surface area contributed by atoms with E-state index in [9.17, 15) is 0 Å². The summed E-state index contributed by atoms with van der Waals surface area (Å²) in [4.78, 5) is 8.17. The Morgan fingerprint density at radius 3 is 2.89 bits per heavy atom. The molecule has 6 heteroatoms. The van der Waals surface area contributed by atoms with Crippen LogP contribution in [0.2, 0.25) is 5.28 Å². The second-order valence-electron chi connectivity index (χ2n) is 3.78. The highest BCUT2D eigenvalue weighted by Crippen LogP contribution is 2.16. The first kappa shape index (κ1) is 11.0. The van der Waals surface area contributed by atoms with Gasteiger partial charge >= 0.3 is 0 Å². The fourth-order valence-electron chi connectivity index (χ4n) is 1.72. The van der Waals surface area contributed by atoms with Crippen LogP contribution >= 0.6 is 11.6 Å². The van der Waals surface area contributed by atoms with E-state index in [2.05, 4.69) is 20.4 Å². The minimum absolute atomic E-state index is 0.218. The molecule has 3 rings (SSSR count). The van der Waals surface area contributed by atoms with E-state index < -0.39 is 0 Å². The van der Waals surface area contributed by atoms with Gasteiger partial charge in [-0.05, 0) is 41.4 Å². The highest BCUT2D eigenvalue weighted by Gasteiger charge is 2.05. The molecule has 1 N–H and O–H groups in total. The van der Waals surface area contributed by atoms with Gasteiger partial charge in [0.2, 0.25) is 5.28 Å². The lowest BCUT2D eigenvalue weighted by molar-refractivity contribution is 0.900. The van der Waals surface area contributed by atoms with Crippen molar-refractivity contribution in [2.24, 2.45) is 0 Å². The van der Waals surface area contributed by atoms with Crippen molar-refractivity contribution in [2.75, 3.05) is 5.32 Å². The fourth-order valence-corrected chi connectivity index (χ4v) is 1.89. The molecule has 0 amide bonds. The van der Waals surface area contributed by atoms with Crippen molar-refractivity contribution >= 4 is 22.9 Å². The van der Waals surface area contributed by atoms with Crippen LogP contribution in [0.5, 0.6) is 0 Å². The number of pyridine rings is 1. The first-order valence-corrected chi connectivity index (χ1v) is 5.84. The molecule has 3 aromatic rings. The van der Waals surface area contributed by atoms with Crippen LogP contribution in [-0.4, -0.2) is 19.6 Å². The van der Waals surface area contributed by atoms with E-state index in [1.54, 1.807) is 16.9 Å². The van der Waals surface area contributed by atoms with Crippen LogP contribution in [0, 0.1) is 0 Å². The summed E-state index contributed by atoms with van der Waals surface area (Å²) in [5.74, 6) is 0.719. The summed E-state index contributed by atoms with van der Waals surface area (Å²) in [5, 5.41) is 7.54. The Morgan fingerprint density at radius 2 is 2.06 bits per heavy atom. The van der Waals surface area contributed by atoms with Gasteiger partial charge in [-0.2, -0.15) is 4.98 Å². The van der Waals surface area contributed by atoms with E-state index in [0.29, 0.717) is 6.54 Å². The third-order valence-electron chi connectivity index (χ3n) is 2.57. The maximum atomic E-state index is 5.87. The van der Waals surface area contributed by atoms with Gasteiger partial charge < -0.3 is 5.32 Å². The molecule has 0 radical (unpaired) electrons. The Hall–Kier alpha value is -2.14. The summed E-state index contributed by atoms with van der Waals surface area (Å²) < 4.78 is 1.70. The molecular weight excluding hydrogens is 250 g/mol. The molecule has 0 aliphatic carbocycles. The van der Waals surface area contributed by atoms with Crippen molar-refractivity contribution in [3.63, 3.8) is 0 Å². The maximum absolute atomic E-state index is 5.87. The van der Waals surface area contributed by atoms with Gasteiger partial charge in [0.15, 0.2) is 5.82 Å². The van der Waals surface area contributed by atoms with Crippen molar-refractivity contribution in [1.82, 2.24) is 19.6 Å². The predicted molar refractivity (Wildman–Crippen MR) is 69.6 cm³/mol. The highest BCUT2D eigenvalue weighted by molar-refractivity contribution is 6.28. The third kappa shape index (κ3) is 2.12. The second-order valence-corrected chi connectivity index (χ2v) is 4.11. The molecule has 5 nitrogen and oxygen atoms in total. The number of nitrogens with zero attached hydrogens (tertiary/aromatic N) is 4. The third-order valence-corrected chi connectivity index (χ3v) is 2.73. The van der Waals surface area contributed by atoms with Crippen LogP contribution in [0.15, 0.2) is 42.9 Å². The minimum atomic E-state index is 0.218. The van der Waals surface area contributed by atoms with Crippen molar-refractivity contribution in [3.05, 3.63) is 53.7 Å². The smallest absolute Gasteiger partial charge is 0.243 e. The summed E-state index contributed by atoms with van der Waals surface area (Å²) >= 11 is 5.87. The van der Waals surface area contributed by atoms with Crippen LogP contribution in [0.1, 0.15) is 5.56 Å². The lowest BCUT2D eigenvalue weighted by Crippen LogP contribution is -2.05. The minimum Gasteiger partial charge on any atom is -0.364 e. The van der Waals surface area contributed by atoms with Gasteiger partial charge in [-0.3, -0.25) is 4.98 Å². The Kier molecular flexibility index (Phi) is 2.82. The zero-order valence-corrected chi connectivity index (χ0v) is 10.2. The summed E-state index contributed by atoms with van der Waals surface area (Å²) in [5.41, 5.74) is 2.03. The summed E-state index contributed by atoms with van der Waals surface area (Å²) in [6.07, 6.45) is 5.36. The number of halogens is 1.